The van der Waals surface area contributed by atoms with Crippen molar-refractivity contribution in [3.63, 3.8) is 0 Å². The summed E-state index contributed by atoms with van der Waals surface area (Å²) in [6.45, 7) is 5.74. The molecule has 0 atom stereocenters. The zero-order valence-electron chi connectivity index (χ0n) is 11.9. The standard InChI is InChI=1S/C16H12N2O3/c1-16(2,3)15-18-11-9-5-4-8(7-17)6-10(9)12(19)13(20)14(11)21-15/h4-6H,1-3H3. The Kier molecular flexibility index (Phi) is 2.60. The molecule has 0 saturated heterocycles. The summed E-state index contributed by atoms with van der Waals surface area (Å²) in [5.41, 5.74) is 1.09. The predicted molar refractivity (Wildman–Crippen MR) is 74.0 cm³/mol. The van der Waals surface area contributed by atoms with Crippen molar-refractivity contribution in [3.8, 4) is 17.3 Å². The molecule has 21 heavy (non-hydrogen) atoms. The lowest BCUT2D eigenvalue weighted by atomic mass is 9.89. The van der Waals surface area contributed by atoms with Gasteiger partial charge in [0.15, 0.2) is 0 Å². The fraction of sp³-hybridized carbons (Fsp3) is 0.250. The van der Waals surface area contributed by atoms with E-state index < -0.39 is 11.6 Å². The molecule has 5 heteroatoms. The van der Waals surface area contributed by atoms with E-state index in [1.54, 1.807) is 12.1 Å². The first-order valence-corrected chi connectivity index (χ1v) is 6.48. The quantitative estimate of drug-likeness (QED) is 0.693. The van der Waals surface area contributed by atoms with E-state index in [0.717, 1.165) is 0 Å². The topological polar surface area (TPSA) is 84.0 Å². The minimum Gasteiger partial charge on any atom is -0.436 e. The summed E-state index contributed by atoms with van der Waals surface area (Å²) in [6.07, 6.45) is 0. The van der Waals surface area contributed by atoms with Crippen LogP contribution in [0.5, 0.6) is 0 Å². The Morgan fingerprint density at radius 1 is 1.14 bits per heavy atom. The minimum absolute atomic E-state index is 0.0119. The Balaban J connectivity index is 2.30. The third-order valence-electron chi connectivity index (χ3n) is 3.33. The molecule has 0 saturated carbocycles. The second-order valence-electron chi connectivity index (χ2n) is 5.98. The van der Waals surface area contributed by atoms with Gasteiger partial charge < -0.3 is 4.42 Å². The van der Waals surface area contributed by atoms with Crippen LogP contribution in [-0.4, -0.2) is 16.6 Å². The van der Waals surface area contributed by atoms with Crippen LogP contribution in [0.3, 0.4) is 0 Å². The van der Waals surface area contributed by atoms with Crippen LogP contribution in [-0.2, 0) is 5.41 Å². The summed E-state index contributed by atoms with van der Waals surface area (Å²) in [6, 6.07) is 6.60. The average molecular weight is 280 g/mol. The van der Waals surface area contributed by atoms with E-state index in [0.29, 0.717) is 22.7 Å². The highest BCUT2D eigenvalue weighted by Crippen LogP contribution is 2.36. The SMILES string of the molecule is CC(C)(C)c1nc2c(o1)C(=O)C(=O)c1cc(C#N)ccc1-2. The summed E-state index contributed by atoms with van der Waals surface area (Å²) in [4.78, 5) is 28.7. The molecule has 3 rings (SSSR count). The molecule has 1 aromatic heterocycles. The Bertz CT molecular complexity index is 832. The molecule has 5 nitrogen and oxygen atoms in total. The number of fused-ring (bicyclic) bond motifs is 3. The number of Topliss-reactive ketones (excluding diaryl/α,β-unsaturated/α-hetero) is 2. The van der Waals surface area contributed by atoms with Crippen molar-refractivity contribution in [1.82, 2.24) is 4.98 Å². The first kappa shape index (κ1) is 13.3. The predicted octanol–water partition coefficient (Wildman–Crippen LogP) is 2.89. The fourth-order valence-electron chi connectivity index (χ4n) is 2.21. The fourth-order valence-corrected chi connectivity index (χ4v) is 2.21. The second-order valence-corrected chi connectivity index (χ2v) is 5.98. The average Bonchev–Trinajstić information content (AvgIpc) is 2.89. The first-order valence-electron chi connectivity index (χ1n) is 6.48. The third kappa shape index (κ3) is 1.88. The molecule has 0 radical (unpaired) electrons. The molecule has 0 amide bonds. The molecule has 0 bridgehead atoms. The zero-order chi connectivity index (χ0) is 15.4. The van der Waals surface area contributed by atoms with E-state index in [1.807, 2.05) is 26.8 Å². The molecule has 0 N–H and O–H groups in total. The van der Waals surface area contributed by atoms with Gasteiger partial charge in [-0.05, 0) is 12.1 Å². The number of ketones is 2. The molecule has 0 fully saturated rings. The lowest BCUT2D eigenvalue weighted by Crippen LogP contribution is -2.20. The largest absolute Gasteiger partial charge is 0.436 e. The molecular weight excluding hydrogens is 268 g/mol. The van der Waals surface area contributed by atoms with Crippen LogP contribution in [0.2, 0.25) is 0 Å². The number of oxazole rings is 1. The van der Waals surface area contributed by atoms with Crippen molar-refractivity contribution >= 4 is 11.6 Å². The van der Waals surface area contributed by atoms with Gasteiger partial charge in [0.05, 0.1) is 11.6 Å². The number of carbonyl (C=O) groups excluding carboxylic acids is 2. The maximum atomic E-state index is 12.2. The van der Waals surface area contributed by atoms with Gasteiger partial charge in [-0.1, -0.05) is 26.8 Å². The molecule has 0 spiro atoms. The number of carbonyl (C=O) groups is 2. The monoisotopic (exact) mass is 280 g/mol. The lowest BCUT2D eigenvalue weighted by Gasteiger charge is -2.11. The third-order valence-corrected chi connectivity index (χ3v) is 3.33. The highest BCUT2D eigenvalue weighted by Gasteiger charge is 2.37. The lowest BCUT2D eigenvalue weighted by molar-refractivity contribution is 0.0797. The molecule has 1 aliphatic rings. The molecule has 0 aliphatic heterocycles. The minimum atomic E-state index is -0.712. The van der Waals surface area contributed by atoms with E-state index in [4.69, 9.17) is 9.68 Å². The zero-order valence-corrected chi connectivity index (χ0v) is 11.9. The first-order chi connectivity index (χ1) is 9.82. The van der Waals surface area contributed by atoms with Crippen LogP contribution >= 0.6 is 0 Å². The van der Waals surface area contributed by atoms with Crippen molar-refractivity contribution in [2.45, 2.75) is 26.2 Å². The molecule has 1 aliphatic carbocycles. The highest BCUT2D eigenvalue weighted by atomic mass is 16.4. The van der Waals surface area contributed by atoms with Crippen molar-refractivity contribution in [2.24, 2.45) is 0 Å². The maximum Gasteiger partial charge on any atom is 0.271 e. The Hall–Kier alpha value is -2.74. The van der Waals surface area contributed by atoms with Gasteiger partial charge >= 0.3 is 0 Å². The second kappa shape index (κ2) is 4.13. The van der Waals surface area contributed by atoms with Crippen LogP contribution in [0.4, 0.5) is 0 Å². The summed E-state index contributed by atoms with van der Waals surface area (Å²) in [7, 11) is 0. The number of aromatic nitrogens is 1. The van der Waals surface area contributed by atoms with Crippen molar-refractivity contribution in [1.29, 1.82) is 5.26 Å². The van der Waals surface area contributed by atoms with E-state index in [2.05, 4.69) is 4.98 Å². The number of benzene rings is 1. The Morgan fingerprint density at radius 3 is 2.48 bits per heavy atom. The number of rotatable bonds is 0. The number of nitriles is 1. The van der Waals surface area contributed by atoms with E-state index in [-0.39, 0.29) is 16.7 Å². The van der Waals surface area contributed by atoms with Crippen LogP contribution in [0.25, 0.3) is 11.3 Å². The molecule has 1 heterocycles. The maximum absolute atomic E-state index is 12.2. The van der Waals surface area contributed by atoms with Gasteiger partial charge in [0.2, 0.25) is 17.4 Å². The summed E-state index contributed by atoms with van der Waals surface area (Å²) in [5, 5.41) is 8.92. The number of hydrogen-bond donors (Lipinski definition) is 0. The molecule has 104 valence electrons. The summed E-state index contributed by atoms with van der Waals surface area (Å²) in [5.74, 6) is -0.977. The van der Waals surface area contributed by atoms with Gasteiger partial charge in [-0.2, -0.15) is 5.26 Å². The van der Waals surface area contributed by atoms with Crippen molar-refractivity contribution < 1.29 is 14.0 Å². The van der Waals surface area contributed by atoms with Gasteiger partial charge in [0, 0.05) is 16.5 Å². The summed E-state index contributed by atoms with van der Waals surface area (Å²) >= 11 is 0. The number of hydrogen-bond acceptors (Lipinski definition) is 5. The van der Waals surface area contributed by atoms with E-state index >= 15 is 0 Å². The van der Waals surface area contributed by atoms with Gasteiger partial charge in [0.1, 0.15) is 5.69 Å². The molecule has 0 unspecified atom stereocenters. The molecule has 1 aromatic carbocycles. The van der Waals surface area contributed by atoms with Gasteiger partial charge in [-0.15, -0.1) is 0 Å². The van der Waals surface area contributed by atoms with Gasteiger partial charge in [-0.3, -0.25) is 9.59 Å². The van der Waals surface area contributed by atoms with Crippen LogP contribution in [0.15, 0.2) is 22.6 Å². The smallest absolute Gasteiger partial charge is 0.271 e. The van der Waals surface area contributed by atoms with Crippen molar-refractivity contribution in [3.05, 3.63) is 41.0 Å². The number of nitrogens with zero attached hydrogens (tertiary/aromatic N) is 2. The van der Waals surface area contributed by atoms with E-state index in [1.165, 1.54) is 6.07 Å². The van der Waals surface area contributed by atoms with Crippen molar-refractivity contribution in [2.75, 3.05) is 0 Å². The molecular formula is C16H12N2O3. The molecule has 2 aromatic rings. The Labute approximate surface area is 121 Å². The van der Waals surface area contributed by atoms with Crippen LogP contribution < -0.4 is 0 Å². The normalized spacial score (nSPS) is 13.6. The van der Waals surface area contributed by atoms with E-state index in [9.17, 15) is 9.59 Å². The van der Waals surface area contributed by atoms with Gasteiger partial charge in [0.25, 0.3) is 5.78 Å². The Morgan fingerprint density at radius 2 is 1.86 bits per heavy atom. The summed E-state index contributed by atoms with van der Waals surface area (Å²) < 4.78 is 5.52. The highest BCUT2D eigenvalue weighted by molar-refractivity contribution is 6.52. The van der Waals surface area contributed by atoms with Gasteiger partial charge in [-0.25, -0.2) is 4.98 Å². The van der Waals surface area contributed by atoms with Crippen LogP contribution in [0, 0.1) is 11.3 Å². The van der Waals surface area contributed by atoms with Crippen LogP contribution in [0.1, 0.15) is 53.1 Å².